The monoisotopic (exact) mass is 330 g/mol. The molecule has 1 N–H and O–H groups in total. The van der Waals surface area contributed by atoms with E-state index in [9.17, 15) is 20.0 Å². The molecule has 24 heavy (non-hydrogen) atoms. The maximum Gasteiger partial charge on any atom is 0.273 e. The van der Waals surface area contributed by atoms with E-state index in [2.05, 4.69) is 5.10 Å². The zero-order valence-electron chi connectivity index (χ0n) is 13.3. The highest BCUT2D eigenvalue weighted by atomic mass is 16.6. The number of rotatable bonds is 3. The molecule has 0 bridgehead atoms. The number of nitro groups is 1. The molecule has 1 aromatic heterocycles. The van der Waals surface area contributed by atoms with Crippen molar-refractivity contribution in [3.63, 3.8) is 0 Å². The molecule has 1 fully saturated rings. The number of hydrogen-bond acceptors (Lipinski definition) is 5. The van der Waals surface area contributed by atoms with Crippen LogP contribution in [-0.4, -0.2) is 43.7 Å². The first kappa shape index (κ1) is 16.0. The van der Waals surface area contributed by atoms with Crippen molar-refractivity contribution >= 4 is 11.6 Å². The molecular formula is C16H18N4O4. The largest absolute Gasteiger partial charge is 0.507 e. The number of hydrogen-bond donors (Lipinski definition) is 1. The van der Waals surface area contributed by atoms with Gasteiger partial charge in [0, 0.05) is 44.0 Å². The number of carbonyl (C=O) groups is 1. The number of likely N-dealkylation sites (tertiary alicyclic amines) is 1. The van der Waals surface area contributed by atoms with Gasteiger partial charge in [0.05, 0.1) is 16.6 Å². The van der Waals surface area contributed by atoms with Gasteiger partial charge in [-0.25, -0.2) is 0 Å². The summed E-state index contributed by atoms with van der Waals surface area (Å²) in [4.78, 5) is 24.3. The molecule has 1 aromatic carbocycles. The molecule has 1 aliphatic heterocycles. The summed E-state index contributed by atoms with van der Waals surface area (Å²) in [6, 6.07) is 5.54. The first-order valence-corrected chi connectivity index (χ1v) is 7.72. The van der Waals surface area contributed by atoms with E-state index in [1.54, 1.807) is 11.1 Å². The summed E-state index contributed by atoms with van der Waals surface area (Å²) in [5.41, 5.74) is 1.01. The molecule has 0 radical (unpaired) electrons. The van der Waals surface area contributed by atoms with Crippen molar-refractivity contribution in [2.45, 2.75) is 18.8 Å². The third-order valence-corrected chi connectivity index (χ3v) is 4.48. The van der Waals surface area contributed by atoms with Gasteiger partial charge >= 0.3 is 0 Å². The van der Waals surface area contributed by atoms with Gasteiger partial charge in [0.25, 0.3) is 11.6 Å². The minimum atomic E-state index is -0.604. The Hall–Kier alpha value is -2.90. The van der Waals surface area contributed by atoms with Crippen LogP contribution >= 0.6 is 0 Å². The van der Waals surface area contributed by atoms with Gasteiger partial charge < -0.3 is 10.0 Å². The number of phenols is 1. The Bertz CT molecular complexity index is 778. The van der Waals surface area contributed by atoms with E-state index in [1.165, 1.54) is 12.1 Å². The molecule has 8 nitrogen and oxygen atoms in total. The van der Waals surface area contributed by atoms with E-state index in [0.717, 1.165) is 24.6 Å². The summed E-state index contributed by atoms with van der Waals surface area (Å²) in [7, 11) is 1.90. The number of amides is 1. The third kappa shape index (κ3) is 2.94. The molecule has 1 amide bonds. The second-order valence-electron chi connectivity index (χ2n) is 5.90. The van der Waals surface area contributed by atoms with E-state index in [0.29, 0.717) is 19.0 Å². The summed E-state index contributed by atoms with van der Waals surface area (Å²) in [5, 5.41) is 24.8. The minimum Gasteiger partial charge on any atom is -0.507 e. The maximum absolute atomic E-state index is 12.5. The Balaban J connectivity index is 1.69. The van der Waals surface area contributed by atoms with Crippen LogP contribution in [0.25, 0.3) is 0 Å². The van der Waals surface area contributed by atoms with Crippen LogP contribution in [0, 0.1) is 10.1 Å². The maximum atomic E-state index is 12.5. The molecule has 0 saturated carbocycles. The summed E-state index contributed by atoms with van der Waals surface area (Å²) >= 11 is 0. The van der Waals surface area contributed by atoms with Crippen LogP contribution in [0.2, 0.25) is 0 Å². The number of phenolic OH excluding ortho intramolecular Hbond substituents is 1. The molecular weight excluding hydrogens is 312 g/mol. The van der Waals surface area contributed by atoms with Crippen molar-refractivity contribution in [3.05, 3.63) is 51.8 Å². The van der Waals surface area contributed by atoms with E-state index in [1.807, 2.05) is 17.8 Å². The Morgan fingerprint density at radius 2 is 2.04 bits per heavy atom. The van der Waals surface area contributed by atoms with Crippen LogP contribution in [0.3, 0.4) is 0 Å². The summed E-state index contributed by atoms with van der Waals surface area (Å²) in [6.07, 6.45) is 3.40. The van der Waals surface area contributed by atoms with Crippen molar-refractivity contribution < 1.29 is 14.8 Å². The zero-order chi connectivity index (χ0) is 17.3. The topological polar surface area (TPSA) is 102 Å². The Morgan fingerprint density at radius 3 is 2.58 bits per heavy atom. The number of aromatic hydroxyl groups is 1. The zero-order valence-corrected chi connectivity index (χ0v) is 13.3. The summed E-state index contributed by atoms with van der Waals surface area (Å²) < 4.78 is 1.85. The molecule has 8 heteroatoms. The van der Waals surface area contributed by atoms with Gasteiger partial charge in [-0.1, -0.05) is 0 Å². The van der Waals surface area contributed by atoms with E-state index < -0.39 is 4.92 Å². The fourth-order valence-corrected chi connectivity index (χ4v) is 3.15. The van der Waals surface area contributed by atoms with Gasteiger partial charge in [-0.05, 0) is 25.0 Å². The standard InChI is InChI=1S/C16H18N4O4/c1-18-14(4-7-17-18)11-5-8-19(9-6-11)16(22)13-3-2-12(20(23)24)10-15(13)21/h2-4,7,10-11,21H,5-6,8-9H2,1H3. The van der Waals surface area contributed by atoms with Crippen molar-refractivity contribution in [1.29, 1.82) is 0 Å². The van der Waals surface area contributed by atoms with Gasteiger partial charge in [0.2, 0.25) is 0 Å². The molecule has 0 aliphatic carbocycles. The highest BCUT2D eigenvalue weighted by Crippen LogP contribution is 2.30. The minimum absolute atomic E-state index is 0.0968. The Labute approximate surface area is 138 Å². The first-order valence-electron chi connectivity index (χ1n) is 7.72. The molecule has 0 spiro atoms. The number of non-ortho nitro benzene ring substituents is 1. The third-order valence-electron chi connectivity index (χ3n) is 4.48. The fraction of sp³-hybridized carbons (Fsp3) is 0.375. The lowest BCUT2D eigenvalue weighted by atomic mass is 9.93. The summed E-state index contributed by atoms with van der Waals surface area (Å²) in [6.45, 7) is 1.15. The average molecular weight is 330 g/mol. The lowest BCUT2D eigenvalue weighted by molar-refractivity contribution is -0.384. The molecule has 1 saturated heterocycles. The SMILES string of the molecule is Cn1nccc1C1CCN(C(=O)c2ccc([N+](=O)[O-])cc2O)CC1. The Morgan fingerprint density at radius 1 is 1.33 bits per heavy atom. The van der Waals surface area contributed by atoms with Crippen molar-refractivity contribution in [3.8, 4) is 5.75 Å². The second-order valence-corrected chi connectivity index (χ2v) is 5.90. The van der Waals surface area contributed by atoms with Gasteiger partial charge in [-0.3, -0.25) is 19.6 Å². The van der Waals surface area contributed by atoms with Gasteiger partial charge in [-0.2, -0.15) is 5.10 Å². The van der Waals surface area contributed by atoms with E-state index >= 15 is 0 Å². The predicted octanol–water partition coefficient (Wildman–Crippen LogP) is 2.05. The number of aromatic nitrogens is 2. The average Bonchev–Trinajstić information content (AvgIpc) is 3.00. The summed E-state index contributed by atoms with van der Waals surface area (Å²) in [5.74, 6) is -0.305. The van der Waals surface area contributed by atoms with Crippen LogP contribution in [0.1, 0.15) is 34.8 Å². The van der Waals surface area contributed by atoms with Crippen molar-refractivity contribution in [2.24, 2.45) is 7.05 Å². The highest BCUT2D eigenvalue weighted by Gasteiger charge is 2.27. The first-order chi connectivity index (χ1) is 11.5. The quantitative estimate of drug-likeness (QED) is 0.685. The number of aryl methyl sites for hydroxylation is 1. The van der Waals surface area contributed by atoms with E-state index in [-0.39, 0.29) is 22.9 Å². The van der Waals surface area contributed by atoms with Crippen LogP contribution < -0.4 is 0 Å². The van der Waals surface area contributed by atoms with Crippen LogP contribution in [0.4, 0.5) is 5.69 Å². The van der Waals surface area contributed by atoms with Crippen LogP contribution in [-0.2, 0) is 7.05 Å². The predicted molar refractivity (Wildman–Crippen MR) is 85.8 cm³/mol. The molecule has 0 unspecified atom stereocenters. The molecule has 1 aliphatic rings. The number of piperidine rings is 1. The molecule has 3 rings (SSSR count). The van der Waals surface area contributed by atoms with Crippen LogP contribution in [0.5, 0.6) is 5.75 Å². The smallest absolute Gasteiger partial charge is 0.273 e. The lowest BCUT2D eigenvalue weighted by Crippen LogP contribution is -2.38. The highest BCUT2D eigenvalue weighted by molar-refractivity contribution is 5.97. The molecule has 126 valence electrons. The van der Waals surface area contributed by atoms with Crippen molar-refractivity contribution in [1.82, 2.24) is 14.7 Å². The Kier molecular flexibility index (Phi) is 4.20. The number of benzene rings is 1. The van der Waals surface area contributed by atoms with E-state index in [4.69, 9.17) is 0 Å². The second kappa shape index (κ2) is 6.31. The van der Waals surface area contributed by atoms with Gasteiger partial charge in [0.1, 0.15) is 5.75 Å². The fourth-order valence-electron chi connectivity index (χ4n) is 3.15. The molecule has 0 atom stereocenters. The number of carbonyl (C=O) groups excluding carboxylic acids is 1. The van der Waals surface area contributed by atoms with Gasteiger partial charge in [-0.15, -0.1) is 0 Å². The van der Waals surface area contributed by atoms with Crippen molar-refractivity contribution in [2.75, 3.05) is 13.1 Å². The van der Waals surface area contributed by atoms with Crippen LogP contribution in [0.15, 0.2) is 30.5 Å². The number of nitrogens with zero attached hydrogens (tertiary/aromatic N) is 4. The lowest BCUT2D eigenvalue weighted by Gasteiger charge is -2.32. The number of nitro benzene ring substituents is 1. The van der Waals surface area contributed by atoms with Gasteiger partial charge in [0.15, 0.2) is 0 Å². The molecule has 2 aromatic rings. The normalized spacial score (nSPS) is 15.5. The molecule has 2 heterocycles.